The third kappa shape index (κ3) is 3.36. The van der Waals surface area contributed by atoms with Gasteiger partial charge in [-0.2, -0.15) is 4.31 Å². The van der Waals surface area contributed by atoms with Crippen LogP contribution in [0, 0.1) is 0 Å². The Labute approximate surface area is 133 Å². The maximum Gasteiger partial charge on any atom is 0.244 e. The van der Waals surface area contributed by atoms with E-state index in [0.29, 0.717) is 0 Å². The molecule has 4 nitrogen and oxygen atoms in total. The summed E-state index contributed by atoms with van der Waals surface area (Å²) < 4.78 is 27.6. The van der Waals surface area contributed by atoms with Crippen LogP contribution in [0.1, 0.15) is 12.8 Å². The van der Waals surface area contributed by atoms with Gasteiger partial charge in [-0.05, 0) is 18.2 Å². The van der Waals surface area contributed by atoms with Gasteiger partial charge in [-0.15, -0.1) is 0 Å². The lowest BCUT2D eigenvalue weighted by Crippen LogP contribution is -3.10. The fourth-order valence-corrected chi connectivity index (χ4v) is 4.92. The highest BCUT2D eigenvalue weighted by molar-refractivity contribution is 9.10. The minimum absolute atomic E-state index is 0.0587. The maximum absolute atomic E-state index is 12.7. The van der Waals surface area contributed by atoms with Gasteiger partial charge in [0.2, 0.25) is 10.0 Å². The molecule has 0 atom stereocenters. The highest BCUT2D eigenvalue weighted by atomic mass is 79.9. The Morgan fingerprint density at radius 3 is 2.50 bits per heavy atom. The molecular formula is C13H19BrClN2O2S+. The van der Waals surface area contributed by atoms with Crippen molar-refractivity contribution in [2.24, 2.45) is 0 Å². The second-order valence-electron chi connectivity index (χ2n) is 5.28. The van der Waals surface area contributed by atoms with Crippen LogP contribution in [0.5, 0.6) is 0 Å². The molecule has 1 saturated heterocycles. The van der Waals surface area contributed by atoms with E-state index in [2.05, 4.69) is 23.0 Å². The van der Waals surface area contributed by atoms with E-state index < -0.39 is 10.0 Å². The summed E-state index contributed by atoms with van der Waals surface area (Å²) in [7, 11) is 0.255. The molecule has 0 aliphatic carbocycles. The summed E-state index contributed by atoms with van der Waals surface area (Å²) >= 11 is 9.37. The van der Waals surface area contributed by atoms with Crippen molar-refractivity contribution in [2.45, 2.75) is 23.8 Å². The van der Waals surface area contributed by atoms with Gasteiger partial charge in [-0.1, -0.05) is 27.5 Å². The first-order valence-electron chi connectivity index (χ1n) is 6.57. The van der Waals surface area contributed by atoms with E-state index in [9.17, 15) is 8.42 Å². The van der Waals surface area contributed by atoms with Crippen molar-refractivity contribution < 1.29 is 13.3 Å². The van der Waals surface area contributed by atoms with Crippen LogP contribution in [0.4, 0.5) is 0 Å². The van der Waals surface area contributed by atoms with E-state index in [-0.39, 0.29) is 16.0 Å². The molecule has 1 fully saturated rings. The fourth-order valence-electron chi connectivity index (χ4n) is 2.49. The van der Waals surface area contributed by atoms with E-state index in [0.717, 1.165) is 30.4 Å². The van der Waals surface area contributed by atoms with Crippen LogP contribution in [0.15, 0.2) is 27.6 Å². The van der Waals surface area contributed by atoms with Crippen molar-refractivity contribution in [3.05, 3.63) is 27.7 Å². The topological polar surface area (TPSA) is 41.8 Å². The average molecular weight is 383 g/mol. The van der Waals surface area contributed by atoms with Crippen molar-refractivity contribution in [2.75, 3.05) is 27.2 Å². The van der Waals surface area contributed by atoms with E-state index in [1.165, 1.54) is 9.21 Å². The summed E-state index contributed by atoms with van der Waals surface area (Å²) in [6.45, 7) is 2.00. The lowest BCUT2D eigenvalue weighted by atomic mass is 10.1. The number of hydrogen-bond donors (Lipinski definition) is 1. The Kier molecular flexibility index (Phi) is 5.13. The molecule has 0 amide bonds. The quantitative estimate of drug-likeness (QED) is 0.858. The largest absolute Gasteiger partial charge is 0.337 e. The summed E-state index contributed by atoms with van der Waals surface area (Å²) in [5.41, 5.74) is 0. The fraction of sp³-hybridized carbons (Fsp3) is 0.538. The van der Waals surface area contributed by atoms with Gasteiger partial charge >= 0.3 is 0 Å². The third-order valence-corrected chi connectivity index (χ3v) is 6.76. The van der Waals surface area contributed by atoms with Crippen molar-refractivity contribution in [1.82, 2.24) is 4.31 Å². The lowest BCUT2D eigenvalue weighted by molar-refractivity contribution is -0.885. The summed E-state index contributed by atoms with van der Waals surface area (Å²) in [5, 5.41) is 0.254. The summed E-state index contributed by atoms with van der Waals surface area (Å²) in [6.07, 6.45) is 1.77. The van der Waals surface area contributed by atoms with Gasteiger partial charge in [0.05, 0.1) is 25.2 Å². The second kappa shape index (κ2) is 6.32. The van der Waals surface area contributed by atoms with Crippen LogP contribution in [0.3, 0.4) is 0 Å². The molecule has 112 valence electrons. The molecule has 0 spiro atoms. The number of likely N-dealkylation sites (tertiary alicyclic amines) is 1. The minimum Gasteiger partial charge on any atom is -0.337 e. The molecule has 0 saturated carbocycles. The zero-order valence-corrected chi connectivity index (χ0v) is 14.7. The lowest BCUT2D eigenvalue weighted by Gasteiger charge is -2.32. The zero-order valence-electron chi connectivity index (χ0n) is 11.6. The Morgan fingerprint density at radius 2 is 1.95 bits per heavy atom. The molecule has 1 aromatic rings. The molecular weight excluding hydrogens is 364 g/mol. The molecule has 1 N–H and O–H groups in total. The number of hydrogen-bond acceptors (Lipinski definition) is 2. The van der Waals surface area contributed by atoms with Gasteiger partial charge in [-0.3, -0.25) is 0 Å². The number of rotatable bonds is 3. The molecule has 0 aromatic heterocycles. The Bertz CT molecular complexity index is 586. The number of benzene rings is 1. The van der Waals surface area contributed by atoms with Crippen molar-refractivity contribution >= 4 is 37.6 Å². The number of halogens is 2. The molecule has 0 bridgehead atoms. The van der Waals surface area contributed by atoms with Crippen molar-refractivity contribution in [1.29, 1.82) is 0 Å². The van der Waals surface area contributed by atoms with Crippen LogP contribution >= 0.6 is 27.5 Å². The number of nitrogens with zero attached hydrogens (tertiary/aromatic N) is 1. The van der Waals surface area contributed by atoms with Gasteiger partial charge in [0.1, 0.15) is 4.90 Å². The zero-order chi connectivity index (χ0) is 14.9. The normalized spacial score (nSPS) is 24.1. The highest BCUT2D eigenvalue weighted by Gasteiger charge is 2.32. The summed E-state index contributed by atoms with van der Waals surface area (Å²) in [5.74, 6) is 0. The predicted octanol–water partition coefficient (Wildman–Crippen LogP) is 1.40. The average Bonchev–Trinajstić information content (AvgIpc) is 2.38. The van der Waals surface area contributed by atoms with Crippen LogP contribution < -0.4 is 4.90 Å². The second-order valence-corrected chi connectivity index (χ2v) is 8.57. The third-order valence-electron chi connectivity index (χ3n) is 3.87. The Morgan fingerprint density at radius 1 is 1.35 bits per heavy atom. The molecule has 20 heavy (non-hydrogen) atoms. The molecule has 0 radical (unpaired) electrons. The van der Waals surface area contributed by atoms with E-state index in [1.807, 2.05) is 0 Å². The van der Waals surface area contributed by atoms with Gasteiger partial charge in [0.15, 0.2) is 0 Å². The summed E-state index contributed by atoms with van der Waals surface area (Å²) in [4.78, 5) is 1.63. The minimum atomic E-state index is -3.53. The SMILES string of the molecule is CN(C1CC[NH+](C)CC1)S(=O)(=O)c1ccc(Br)cc1Cl. The van der Waals surface area contributed by atoms with Crippen LogP contribution in [-0.2, 0) is 10.0 Å². The van der Waals surface area contributed by atoms with Crippen LogP contribution in [-0.4, -0.2) is 45.9 Å². The standard InChI is InChI=1S/C13H18BrClN2O2S/c1-16-7-5-11(6-8-16)17(2)20(18,19)13-4-3-10(14)9-12(13)15/h3-4,9,11H,5-8H2,1-2H3/p+1. The first kappa shape index (κ1) is 16.2. The summed E-state index contributed by atoms with van der Waals surface area (Å²) in [6, 6.07) is 4.92. The van der Waals surface area contributed by atoms with E-state index in [1.54, 1.807) is 25.2 Å². The van der Waals surface area contributed by atoms with Crippen molar-refractivity contribution in [3.8, 4) is 0 Å². The van der Waals surface area contributed by atoms with Gasteiger partial charge < -0.3 is 4.90 Å². The maximum atomic E-state index is 12.7. The van der Waals surface area contributed by atoms with Gasteiger partial charge in [0.25, 0.3) is 0 Å². The molecule has 0 unspecified atom stereocenters. The number of piperidine rings is 1. The number of quaternary nitrogens is 1. The van der Waals surface area contributed by atoms with E-state index >= 15 is 0 Å². The monoisotopic (exact) mass is 381 g/mol. The van der Waals surface area contributed by atoms with E-state index in [4.69, 9.17) is 11.6 Å². The highest BCUT2D eigenvalue weighted by Crippen LogP contribution is 2.28. The van der Waals surface area contributed by atoms with Crippen LogP contribution in [0.25, 0.3) is 0 Å². The van der Waals surface area contributed by atoms with Gasteiger partial charge in [-0.25, -0.2) is 8.42 Å². The predicted molar refractivity (Wildman–Crippen MR) is 83.7 cm³/mol. The molecule has 1 aromatic carbocycles. The van der Waals surface area contributed by atoms with Crippen molar-refractivity contribution in [3.63, 3.8) is 0 Å². The smallest absolute Gasteiger partial charge is 0.244 e. The molecule has 1 aliphatic rings. The first-order chi connectivity index (χ1) is 9.32. The number of sulfonamides is 1. The Hall–Kier alpha value is -0.140. The molecule has 1 heterocycles. The van der Waals surface area contributed by atoms with Crippen LogP contribution in [0.2, 0.25) is 5.02 Å². The van der Waals surface area contributed by atoms with Gasteiger partial charge in [0, 0.05) is 30.4 Å². The molecule has 1 aliphatic heterocycles. The Balaban J connectivity index is 2.25. The first-order valence-corrected chi connectivity index (χ1v) is 9.18. The number of nitrogens with one attached hydrogen (secondary N) is 1. The molecule has 2 rings (SSSR count). The molecule has 7 heteroatoms.